The van der Waals surface area contributed by atoms with Gasteiger partial charge in [0.15, 0.2) is 5.03 Å². The number of anilines is 2. The van der Waals surface area contributed by atoms with Crippen LogP contribution in [0.15, 0.2) is 29.7 Å². The highest BCUT2D eigenvalue weighted by Gasteiger charge is 2.18. The zero-order chi connectivity index (χ0) is 14.9. The van der Waals surface area contributed by atoms with E-state index >= 15 is 0 Å². The number of aromatic nitrogens is 2. The van der Waals surface area contributed by atoms with Crippen LogP contribution in [-0.2, 0) is 16.6 Å². The third-order valence-electron chi connectivity index (χ3n) is 3.11. The predicted molar refractivity (Wildman–Crippen MR) is 79.0 cm³/mol. The van der Waals surface area contributed by atoms with Gasteiger partial charge in [-0.25, -0.2) is 4.98 Å². The first-order chi connectivity index (χ1) is 9.33. The van der Waals surface area contributed by atoms with Gasteiger partial charge in [0.05, 0.1) is 12.0 Å². The molecule has 1 aromatic heterocycles. The molecule has 0 saturated carbocycles. The minimum absolute atomic E-state index is 0.00762. The molecule has 0 unspecified atom stereocenters. The van der Waals surface area contributed by atoms with E-state index in [4.69, 9.17) is 5.73 Å². The van der Waals surface area contributed by atoms with E-state index in [0.717, 1.165) is 11.1 Å². The van der Waals surface area contributed by atoms with Gasteiger partial charge in [0.1, 0.15) is 0 Å². The molecule has 0 bridgehead atoms. The fraction of sp³-hybridized carbons (Fsp3) is 0.308. The van der Waals surface area contributed by atoms with Crippen molar-refractivity contribution in [3.05, 3.63) is 35.8 Å². The number of nitrogens with two attached hydrogens (primary N) is 1. The van der Waals surface area contributed by atoms with Gasteiger partial charge in [-0.1, -0.05) is 0 Å². The fourth-order valence-electron chi connectivity index (χ4n) is 1.80. The van der Waals surface area contributed by atoms with Gasteiger partial charge in [0.2, 0.25) is 0 Å². The molecule has 20 heavy (non-hydrogen) atoms. The summed E-state index contributed by atoms with van der Waals surface area (Å²) in [6.07, 6.45) is 3.00. The summed E-state index contributed by atoms with van der Waals surface area (Å²) >= 11 is 0. The van der Waals surface area contributed by atoms with Crippen LogP contribution in [-0.4, -0.2) is 18.0 Å². The molecule has 0 saturated heterocycles. The summed E-state index contributed by atoms with van der Waals surface area (Å²) in [5.41, 5.74) is 8.55. The highest BCUT2D eigenvalue weighted by atomic mass is 32.2. The average Bonchev–Trinajstić information content (AvgIpc) is 2.85. The first-order valence-electron chi connectivity index (χ1n) is 6.25. The molecule has 6 nitrogen and oxygen atoms in total. The van der Waals surface area contributed by atoms with E-state index in [1.807, 2.05) is 13.8 Å². The van der Waals surface area contributed by atoms with Crippen LogP contribution in [0.5, 0.6) is 0 Å². The van der Waals surface area contributed by atoms with E-state index in [-0.39, 0.29) is 5.03 Å². The van der Waals surface area contributed by atoms with Crippen molar-refractivity contribution in [1.82, 2.24) is 9.55 Å². The summed E-state index contributed by atoms with van der Waals surface area (Å²) in [6.45, 7) is 6.22. The third-order valence-corrected chi connectivity index (χ3v) is 4.36. The molecule has 0 amide bonds. The minimum Gasteiger partial charge on any atom is -0.399 e. The monoisotopic (exact) mass is 294 g/mol. The molecule has 7 heteroatoms. The number of benzene rings is 1. The Kier molecular flexibility index (Phi) is 3.71. The Bertz CT molecular complexity index is 735. The van der Waals surface area contributed by atoms with Gasteiger partial charge in [-0.05, 0) is 44.0 Å². The van der Waals surface area contributed by atoms with Crippen molar-refractivity contribution in [3.63, 3.8) is 0 Å². The van der Waals surface area contributed by atoms with E-state index in [9.17, 15) is 8.42 Å². The lowest BCUT2D eigenvalue weighted by atomic mass is 10.1. The smallest absolute Gasteiger partial charge is 0.280 e. The second-order valence-electron chi connectivity index (χ2n) is 4.67. The second kappa shape index (κ2) is 5.16. The molecule has 0 aliphatic carbocycles. The van der Waals surface area contributed by atoms with Crippen LogP contribution in [0.2, 0.25) is 0 Å². The van der Waals surface area contributed by atoms with Gasteiger partial charge in [0, 0.05) is 18.4 Å². The van der Waals surface area contributed by atoms with E-state index in [0.29, 0.717) is 17.9 Å². The molecule has 108 valence electrons. The third kappa shape index (κ3) is 2.77. The summed E-state index contributed by atoms with van der Waals surface area (Å²) in [4.78, 5) is 3.91. The molecule has 1 heterocycles. The Morgan fingerprint density at radius 3 is 2.60 bits per heavy atom. The zero-order valence-corrected chi connectivity index (χ0v) is 12.5. The highest BCUT2D eigenvalue weighted by Crippen LogP contribution is 2.24. The number of hydrogen-bond donors (Lipinski definition) is 2. The molecule has 0 fully saturated rings. The van der Waals surface area contributed by atoms with E-state index in [1.165, 1.54) is 12.5 Å². The normalized spacial score (nSPS) is 11.6. The van der Waals surface area contributed by atoms with Crippen LogP contribution < -0.4 is 10.5 Å². The van der Waals surface area contributed by atoms with Crippen LogP contribution in [0.25, 0.3) is 0 Å². The highest BCUT2D eigenvalue weighted by molar-refractivity contribution is 7.92. The van der Waals surface area contributed by atoms with Crippen molar-refractivity contribution in [1.29, 1.82) is 0 Å². The van der Waals surface area contributed by atoms with Gasteiger partial charge < -0.3 is 10.3 Å². The molecule has 0 aliphatic rings. The SMILES string of the molecule is CCn1cnc(S(=O)(=O)Nc2cc(C)c(N)cc2C)c1. The summed E-state index contributed by atoms with van der Waals surface area (Å²) in [6, 6.07) is 3.47. The molecule has 0 atom stereocenters. The summed E-state index contributed by atoms with van der Waals surface area (Å²) in [7, 11) is -3.68. The van der Waals surface area contributed by atoms with Crippen molar-refractivity contribution in [3.8, 4) is 0 Å². The molecular formula is C13H18N4O2S. The van der Waals surface area contributed by atoms with Crippen molar-refractivity contribution >= 4 is 21.4 Å². The van der Waals surface area contributed by atoms with Gasteiger partial charge >= 0.3 is 0 Å². The maximum atomic E-state index is 12.3. The molecule has 3 N–H and O–H groups in total. The predicted octanol–water partition coefficient (Wildman–Crippen LogP) is 1.90. The number of sulfonamides is 1. The lowest BCUT2D eigenvalue weighted by Gasteiger charge is -2.11. The Balaban J connectivity index is 2.35. The van der Waals surface area contributed by atoms with Crippen LogP contribution in [0.4, 0.5) is 11.4 Å². The number of imidazole rings is 1. The van der Waals surface area contributed by atoms with E-state index in [1.54, 1.807) is 23.6 Å². The number of nitrogen functional groups attached to an aromatic ring is 1. The topological polar surface area (TPSA) is 90.0 Å². The lowest BCUT2D eigenvalue weighted by Crippen LogP contribution is -2.14. The molecule has 0 radical (unpaired) electrons. The number of nitrogens with one attached hydrogen (secondary N) is 1. The minimum atomic E-state index is -3.68. The van der Waals surface area contributed by atoms with Crippen molar-refractivity contribution in [2.24, 2.45) is 0 Å². The second-order valence-corrected chi connectivity index (χ2v) is 6.30. The Labute approximate surface area is 118 Å². The Morgan fingerprint density at radius 1 is 1.30 bits per heavy atom. The van der Waals surface area contributed by atoms with E-state index in [2.05, 4.69) is 9.71 Å². The largest absolute Gasteiger partial charge is 0.399 e. The molecule has 0 aliphatic heterocycles. The molecular weight excluding hydrogens is 276 g/mol. The average molecular weight is 294 g/mol. The number of hydrogen-bond acceptors (Lipinski definition) is 4. The molecule has 2 rings (SSSR count). The van der Waals surface area contributed by atoms with Gasteiger partial charge in [-0.2, -0.15) is 8.42 Å². The molecule has 0 spiro atoms. The van der Waals surface area contributed by atoms with Crippen molar-refractivity contribution < 1.29 is 8.42 Å². The summed E-state index contributed by atoms with van der Waals surface area (Å²) in [5.74, 6) is 0. The Hall–Kier alpha value is -2.02. The standard InChI is InChI=1S/C13H18N4O2S/c1-4-17-7-13(15-8-17)20(18,19)16-12-6-9(2)11(14)5-10(12)3/h5-8,16H,4,14H2,1-3H3. The fourth-order valence-corrected chi connectivity index (χ4v) is 2.87. The van der Waals surface area contributed by atoms with Crippen LogP contribution in [0.1, 0.15) is 18.1 Å². The Morgan fingerprint density at radius 2 is 2.00 bits per heavy atom. The van der Waals surface area contributed by atoms with Crippen molar-refractivity contribution in [2.75, 3.05) is 10.5 Å². The van der Waals surface area contributed by atoms with Gasteiger partial charge in [-0.15, -0.1) is 0 Å². The molecule has 2 aromatic rings. The zero-order valence-electron chi connectivity index (χ0n) is 11.7. The lowest BCUT2D eigenvalue weighted by molar-refractivity contribution is 0.598. The van der Waals surface area contributed by atoms with Crippen LogP contribution in [0, 0.1) is 13.8 Å². The van der Waals surface area contributed by atoms with Crippen molar-refractivity contribution in [2.45, 2.75) is 32.3 Å². The summed E-state index contributed by atoms with van der Waals surface area (Å²) in [5, 5.41) is 0.00762. The first kappa shape index (κ1) is 14.4. The van der Waals surface area contributed by atoms with E-state index < -0.39 is 10.0 Å². The number of rotatable bonds is 4. The number of nitrogens with zero attached hydrogens (tertiary/aromatic N) is 2. The summed E-state index contributed by atoms with van der Waals surface area (Å²) < 4.78 is 28.8. The molecule has 1 aromatic carbocycles. The number of aryl methyl sites for hydroxylation is 3. The van der Waals surface area contributed by atoms with Crippen LogP contribution >= 0.6 is 0 Å². The quantitative estimate of drug-likeness (QED) is 0.843. The maximum absolute atomic E-state index is 12.3. The van der Waals surface area contributed by atoms with Gasteiger partial charge in [-0.3, -0.25) is 4.72 Å². The van der Waals surface area contributed by atoms with Crippen LogP contribution in [0.3, 0.4) is 0 Å². The maximum Gasteiger partial charge on any atom is 0.280 e. The van der Waals surface area contributed by atoms with Gasteiger partial charge in [0.25, 0.3) is 10.0 Å². The first-order valence-corrected chi connectivity index (χ1v) is 7.73.